The number of carbonyl (C=O) groups is 1. The zero-order valence-electron chi connectivity index (χ0n) is 11.9. The first-order valence-corrected chi connectivity index (χ1v) is 7.26. The summed E-state index contributed by atoms with van der Waals surface area (Å²) in [5.74, 6) is 1.82. The first-order valence-electron chi connectivity index (χ1n) is 7.26. The first kappa shape index (κ1) is 15.0. The Bertz CT molecular complexity index is 295. The summed E-state index contributed by atoms with van der Waals surface area (Å²) in [5, 5.41) is 0. The molecule has 1 aliphatic rings. The van der Waals surface area contributed by atoms with Gasteiger partial charge in [0, 0.05) is 19.5 Å². The molecule has 102 valence electrons. The van der Waals surface area contributed by atoms with Gasteiger partial charge < -0.3 is 4.90 Å². The number of amides is 1. The highest BCUT2D eigenvalue weighted by atomic mass is 16.2. The summed E-state index contributed by atoms with van der Waals surface area (Å²) in [6.07, 6.45) is 11.9. The molecule has 0 aromatic rings. The van der Waals surface area contributed by atoms with Crippen molar-refractivity contribution in [2.45, 2.75) is 46.0 Å². The van der Waals surface area contributed by atoms with Crippen molar-refractivity contribution in [1.29, 1.82) is 0 Å². The zero-order valence-corrected chi connectivity index (χ0v) is 11.9. The summed E-state index contributed by atoms with van der Waals surface area (Å²) in [6.45, 7) is 9.46. The molecule has 0 spiro atoms. The Morgan fingerprint density at radius 1 is 1.33 bits per heavy atom. The van der Waals surface area contributed by atoms with Gasteiger partial charge in [-0.25, -0.2) is 0 Å². The van der Waals surface area contributed by atoms with Crippen LogP contribution in [-0.4, -0.2) is 23.9 Å². The van der Waals surface area contributed by atoms with Gasteiger partial charge in [-0.05, 0) is 37.5 Å². The van der Waals surface area contributed by atoms with Crippen molar-refractivity contribution in [2.75, 3.05) is 13.1 Å². The van der Waals surface area contributed by atoms with Crippen LogP contribution in [0.5, 0.6) is 0 Å². The minimum Gasteiger partial charge on any atom is -0.339 e. The predicted octanol–water partition coefficient (Wildman–Crippen LogP) is 3.79. The topological polar surface area (TPSA) is 20.3 Å². The smallest absolute Gasteiger partial charge is 0.222 e. The molecular formula is C16H27NO. The molecule has 2 atom stereocenters. The average Bonchev–Trinajstić information content (AvgIpc) is 3.11. The molecule has 1 amide bonds. The van der Waals surface area contributed by atoms with Gasteiger partial charge in [0.25, 0.3) is 0 Å². The lowest BCUT2D eigenvalue weighted by Crippen LogP contribution is -2.32. The van der Waals surface area contributed by atoms with E-state index < -0.39 is 0 Å². The molecule has 0 aromatic heterocycles. The number of nitrogens with zero attached hydrogens (tertiary/aromatic N) is 1. The molecule has 0 radical (unpaired) electrons. The second kappa shape index (κ2) is 8.12. The SMILES string of the molecule is C=CCN(C[C@@H]1C[C@@H]1CC/C=C\CC)C(=O)CC. The van der Waals surface area contributed by atoms with E-state index in [2.05, 4.69) is 25.7 Å². The molecule has 0 heterocycles. The van der Waals surface area contributed by atoms with E-state index >= 15 is 0 Å². The lowest BCUT2D eigenvalue weighted by Gasteiger charge is -2.20. The van der Waals surface area contributed by atoms with Gasteiger partial charge in [-0.1, -0.05) is 32.1 Å². The van der Waals surface area contributed by atoms with Gasteiger partial charge in [0.2, 0.25) is 5.91 Å². The highest BCUT2D eigenvalue weighted by molar-refractivity contribution is 5.76. The third-order valence-corrected chi connectivity index (χ3v) is 3.64. The van der Waals surface area contributed by atoms with Gasteiger partial charge >= 0.3 is 0 Å². The van der Waals surface area contributed by atoms with Crippen molar-refractivity contribution in [3.05, 3.63) is 24.8 Å². The summed E-state index contributed by atoms with van der Waals surface area (Å²) >= 11 is 0. The third kappa shape index (κ3) is 5.07. The molecule has 0 aromatic carbocycles. The van der Waals surface area contributed by atoms with Crippen LogP contribution >= 0.6 is 0 Å². The minimum absolute atomic E-state index is 0.256. The van der Waals surface area contributed by atoms with Crippen molar-refractivity contribution in [1.82, 2.24) is 4.90 Å². The van der Waals surface area contributed by atoms with Crippen LogP contribution in [0.2, 0.25) is 0 Å². The van der Waals surface area contributed by atoms with Crippen LogP contribution in [-0.2, 0) is 4.79 Å². The van der Waals surface area contributed by atoms with E-state index in [0.29, 0.717) is 13.0 Å². The maximum absolute atomic E-state index is 11.7. The Balaban J connectivity index is 2.24. The maximum Gasteiger partial charge on any atom is 0.222 e. The van der Waals surface area contributed by atoms with Gasteiger partial charge in [0.15, 0.2) is 0 Å². The summed E-state index contributed by atoms with van der Waals surface area (Å²) in [5.41, 5.74) is 0. The monoisotopic (exact) mass is 249 g/mol. The van der Waals surface area contributed by atoms with Crippen LogP contribution in [0.15, 0.2) is 24.8 Å². The second-order valence-electron chi connectivity index (χ2n) is 5.15. The van der Waals surface area contributed by atoms with Crippen LogP contribution in [0.25, 0.3) is 0 Å². The second-order valence-corrected chi connectivity index (χ2v) is 5.15. The van der Waals surface area contributed by atoms with E-state index in [4.69, 9.17) is 0 Å². The number of hydrogen-bond donors (Lipinski definition) is 0. The third-order valence-electron chi connectivity index (χ3n) is 3.64. The first-order chi connectivity index (χ1) is 8.72. The van der Waals surface area contributed by atoms with Crippen molar-refractivity contribution < 1.29 is 4.79 Å². The predicted molar refractivity (Wildman–Crippen MR) is 77.3 cm³/mol. The zero-order chi connectivity index (χ0) is 13.4. The van der Waals surface area contributed by atoms with Gasteiger partial charge in [-0.3, -0.25) is 4.79 Å². The molecule has 0 N–H and O–H groups in total. The molecule has 1 aliphatic carbocycles. The van der Waals surface area contributed by atoms with Gasteiger partial charge in [-0.2, -0.15) is 0 Å². The van der Waals surface area contributed by atoms with Crippen LogP contribution in [0.1, 0.15) is 46.0 Å². The van der Waals surface area contributed by atoms with E-state index in [1.807, 2.05) is 17.9 Å². The van der Waals surface area contributed by atoms with E-state index in [1.165, 1.54) is 19.3 Å². The van der Waals surface area contributed by atoms with E-state index in [-0.39, 0.29) is 5.91 Å². The Kier molecular flexibility index (Phi) is 6.77. The van der Waals surface area contributed by atoms with Crippen molar-refractivity contribution in [2.24, 2.45) is 11.8 Å². The fourth-order valence-corrected chi connectivity index (χ4v) is 2.42. The van der Waals surface area contributed by atoms with Gasteiger partial charge in [0.05, 0.1) is 0 Å². The number of carbonyl (C=O) groups excluding carboxylic acids is 1. The molecule has 1 rings (SSSR count). The molecule has 2 heteroatoms. The molecule has 0 bridgehead atoms. The summed E-state index contributed by atoms with van der Waals surface area (Å²) in [4.78, 5) is 13.7. The number of hydrogen-bond acceptors (Lipinski definition) is 1. The molecule has 1 fully saturated rings. The molecule has 0 saturated heterocycles. The molecule has 0 unspecified atom stereocenters. The lowest BCUT2D eigenvalue weighted by molar-refractivity contribution is -0.130. The van der Waals surface area contributed by atoms with Crippen LogP contribution in [0, 0.1) is 11.8 Å². The van der Waals surface area contributed by atoms with Crippen LogP contribution < -0.4 is 0 Å². The van der Waals surface area contributed by atoms with Crippen molar-refractivity contribution in [3.8, 4) is 0 Å². The minimum atomic E-state index is 0.256. The number of allylic oxidation sites excluding steroid dienone is 2. The Morgan fingerprint density at radius 3 is 2.72 bits per heavy atom. The summed E-state index contributed by atoms with van der Waals surface area (Å²) in [6, 6.07) is 0. The standard InChI is InChI=1S/C16H27NO/c1-4-7-8-9-10-14-12-15(14)13-17(11-5-2)16(18)6-3/h5,7-8,14-15H,2,4,6,9-13H2,1,3H3/b8-7-/t14-,15-/m0/s1. The molecule has 0 aliphatic heterocycles. The fourth-order valence-electron chi connectivity index (χ4n) is 2.42. The van der Waals surface area contributed by atoms with Gasteiger partial charge in [0.1, 0.15) is 0 Å². The Morgan fingerprint density at radius 2 is 2.11 bits per heavy atom. The summed E-state index contributed by atoms with van der Waals surface area (Å²) in [7, 11) is 0. The fraction of sp³-hybridized carbons (Fsp3) is 0.688. The molecule has 18 heavy (non-hydrogen) atoms. The average molecular weight is 249 g/mol. The quantitative estimate of drug-likeness (QED) is 0.569. The molecule has 2 nitrogen and oxygen atoms in total. The highest BCUT2D eigenvalue weighted by Crippen LogP contribution is 2.42. The molecule has 1 saturated carbocycles. The van der Waals surface area contributed by atoms with E-state index in [9.17, 15) is 4.79 Å². The summed E-state index contributed by atoms with van der Waals surface area (Å²) < 4.78 is 0. The van der Waals surface area contributed by atoms with Crippen LogP contribution in [0.4, 0.5) is 0 Å². The van der Waals surface area contributed by atoms with Crippen molar-refractivity contribution >= 4 is 5.91 Å². The normalized spacial score (nSPS) is 22.1. The maximum atomic E-state index is 11.7. The lowest BCUT2D eigenvalue weighted by atomic mass is 10.1. The Labute approximate surface area is 112 Å². The molecular weight excluding hydrogens is 222 g/mol. The highest BCUT2D eigenvalue weighted by Gasteiger charge is 2.37. The van der Waals surface area contributed by atoms with E-state index in [0.717, 1.165) is 24.8 Å². The van der Waals surface area contributed by atoms with E-state index in [1.54, 1.807) is 0 Å². The largest absolute Gasteiger partial charge is 0.339 e. The van der Waals surface area contributed by atoms with Gasteiger partial charge in [-0.15, -0.1) is 6.58 Å². The number of rotatable bonds is 9. The Hall–Kier alpha value is -1.05. The van der Waals surface area contributed by atoms with Crippen LogP contribution in [0.3, 0.4) is 0 Å². The van der Waals surface area contributed by atoms with Crippen molar-refractivity contribution in [3.63, 3.8) is 0 Å².